The van der Waals surface area contributed by atoms with Crippen LogP contribution in [-0.2, 0) is 29.2 Å². The molecule has 0 fully saturated rings. The third-order valence-corrected chi connectivity index (χ3v) is 7.92. The van der Waals surface area contributed by atoms with Crippen molar-refractivity contribution in [3.8, 4) is 0 Å². The van der Waals surface area contributed by atoms with Crippen molar-refractivity contribution in [3.05, 3.63) is 0 Å². The van der Waals surface area contributed by atoms with Crippen molar-refractivity contribution in [2.75, 3.05) is 13.2 Å². The van der Waals surface area contributed by atoms with Gasteiger partial charge in [0.15, 0.2) is 0 Å². The lowest BCUT2D eigenvalue weighted by molar-refractivity contribution is -0.153. The minimum atomic E-state index is -4.85. The Hall–Kier alpha value is -1.15. The molecule has 0 aromatic heterocycles. The van der Waals surface area contributed by atoms with Gasteiger partial charge in [-0.2, -0.15) is 8.42 Å². The Labute approximate surface area is 214 Å². The molecule has 0 heterocycles. The van der Waals surface area contributed by atoms with Gasteiger partial charge in [0.1, 0.15) is 0 Å². The molecule has 0 saturated carbocycles. The van der Waals surface area contributed by atoms with E-state index in [1.807, 2.05) is 0 Å². The van der Waals surface area contributed by atoms with Gasteiger partial charge in [0.05, 0.1) is 19.6 Å². The van der Waals surface area contributed by atoms with E-state index in [1.54, 1.807) is 0 Å². The SMILES string of the molecule is CCCCCCCCCCCOC(=O)CC(C)(C(=O)OCCCCCCCCCCC)S(=O)(=O)O. The Balaban J connectivity index is 4.17. The fourth-order valence-corrected chi connectivity index (χ4v) is 4.49. The zero-order valence-electron chi connectivity index (χ0n) is 22.7. The minimum Gasteiger partial charge on any atom is -0.466 e. The summed E-state index contributed by atoms with van der Waals surface area (Å²) >= 11 is 0. The summed E-state index contributed by atoms with van der Waals surface area (Å²) in [5.74, 6) is -1.94. The number of esters is 2. The quantitative estimate of drug-likeness (QED) is 0.0816. The van der Waals surface area contributed by atoms with E-state index in [0.717, 1.165) is 45.4 Å². The molecule has 8 heteroatoms. The smallest absolute Gasteiger partial charge is 0.330 e. The Kier molecular flexibility index (Phi) is 20.3. The van der Waals surface area contributed by atoms with Crippen molar-refractivity contribution in [1.82, 2.24) is 0 Å². The molecular formula is C27H52O7S. The standard InChI is InChI=1S/C27H52O7S/c1-4-6-8-10-12-14-16-18-20-22-33-25(28)24-27(3,35(30,31)32)26(29)34-23-21-19-17-15-13-11-9-7-5-2/h4-24H2,1-3H3,(H,30,31,32). The molecule has 0 bridgehead atoms. The van der Waals surface area contributed by atoms with Crippen molar-refractivity contribution in [1.29, 1.82) is 0 Å². The maximum Gasteiger partial charge on any atom is 0.330 e. The summed E-state index contributed by atoms with van der Waals surface area (Å²) in [5.41, 5.74) is 0. The number of carbonyl (C=O) groups is 2. The Morgan fingerprint density at radius 1 is 0.629 bits per heavy atom. The molecule has 0 aromatic rings. The zero-order chi connectivity index (χ0) is 26.4. The number of ether oxygens (including phenoxy) is 2. The zero-order valence-corrected chi connectivity index (χ0v) is 23.5. The molecule has 0 saturated heterocycles. The molecule has 1 N–H and O–H groups in total. The van der Waals surface area contributed by atoms with Crippen molar-refractivity contribution in [3.63, 3.8) is 0 Å². The van der Waals surface area contributed by atoms with Crippen molar-refractivity contribution < 1.29 is 32.0 Å². The second-order valence-corrected chi connectivity index (χ2v) is 11.7. The average molecular weight is 521 g/mol. The Morgan fingerprint density at radius 3 is 1.34 bits per heavy atom. The van der Waals surface area contributed by atoms with E-state index in [1.165, 1.54) is 64.2 Å². The lowest BCUT2D eigenvalue weighted by atomic mass is 10.1. The second-order valence-electron chi connectivity index (χ2n) is 9.90. The molecular weight excluding hydrogens is 468 g/mol. The fourth-order valence-electron chi connectivity index (χ4n) is 3.92. The van der Waals surface area contributed by atoms with Crippen molar-refractivity contribution in [2.45, 2.75) is 148 Å². The summed E-state index contributed by atoms with van der Waals surface area (Å²) in [5, 5.41) is 0. The monoisotopic (exact) mass is 520 g/mol. The van der Waals surface area contributed by atoms with E-state index in [4.69, 9.17) is 9.47 Å². The summed E-state index contributed by atoms with van der Waals surface area (Å²) in [6.45, 7) is 5.63. The van der Waals surface area contributed by atoms with Crippen LogP contribution in [-0.4, -0.2) is 42.9 Å². The minimum absolute atomic E-state index is 0.0628. The normalized spacial score (nSPS) is 13.4. The highest BCUT2D eigenvalue weighted by Gasteiger charge is 2.49. The number of hydrogen-bond acceptors (Lipinski definition) is 6. The topological polar surface area (TPSA) is 107 Å². The molecule has 0 rings (SSSR count). The third-order valence-electron chi connectivity index (χ3n) is 6.47. The van der Waals surface area contributed by atoms with Gasteiger partial charge in [0.2, 0.25) is 4.75 Å². The van der Waals surface area contributed by atoms with Gasteiger partial charge in [-0.1, -0.05) is 117 Å². The summed E-state index contributed by atoms with van der Waals surface area (Å²) in [6, 6.07) is 0. The van der Waals surface area contributed by atoms with Crippen molar-refractivity contribution >= 4 is 22.1 Å². The highest BCUT2D eigenvalue weighted by molar-refractivity contribution is 7.88. The van der Waals surface area contributed by atoms with Crippen LogP contribution in [0.2, 0.25) is 0 Å². The van der Waals surface area contributed by atoms with Crippen LogP contribution in [0.3, 0.4) is 0 Å². The molecule has 7 nitrogen and oxygen atoms in total. The molecule has 0 radical (unpaired) electrons. The molecule has 0 spiro atoms. The van der Waals surface area contributed by atoms with Crippen molar-refractivity contribution in [2.24, 2.45) is 0 Å². The van der Waals surface area contributed by atoms with Gasteiger partial charge in [0.25, 0.3) is 10.1 Å². The maximum atomic E-state index is 12.5. The van der Waals surface area contributed by atoms with Gasteiger partial charge in [-0.25, -0.2) is 0 Å². The van der Waals surface area contributed by atoms with Gasteiger partial charge in [-0.05, 0) is 19.8 Å². The van der Waals surface area contributed by atoms with Gasteiger partial charge in [0, 0.05) is 0 Å². The van der Waals surface area contributed by atoms with E-state index in [0.29, 0.717) is 12.8 Å². The van der Waals surface area contributed by atoms with Crippen LogP contribution >= 0.6 is 0 Å². The second kappa shape index (κ2) is 21.0. The number of unbranched alkanes of at least 4 members (excludes halogenated alkanes) is 16. The van der Waals surface area contributed by atoms with Crippen LogP contribution in [0.15, 0.2) is 0 Å². The van der Waals surface area contributed by atoms with Crippen LogP contribution in [0.25, 0.3) is 0 Å². The van der Waals surface area contributed by atoms with E-state index < -0.39 is 33.2 Å². The highest BCUT2D eigenvalue weighted by Crippen LogP contribution is 2.24. The summed E-state index contributed by atoms with van der Waals surface area (Å²) in [7, 11) is -4.85. The maximum absolute atomic E-state index is 12.5. The van der Waals surface area contributed by atoms with Gasteiger partial charge < -0.3 is 9.47 Å². The number of carbonyl (C=O) groups excluding carboxylic acids is 2. The molecule has 208 valence electrons. The van der Waals surface area contributed by atoms with E-state index >= 15 is 0 Å². The molecule has 0 aliphatic heterocycles. The number of hydrogen-bond donors (Lipinski definition) is 1. The number of rotatable bonds is 24. The molecule has 0 aromatic carbocycles. The fraction of sp³-hybridized carbons (Fsp3) is 0.926. The summed E-state index contributed by atoms with van der Waals surface area (Å²) in [6.07, 6.45) is 19.2. The van der Waals surface area contributed by atoms with Gasteiger partial charge >= 0.3 is 11.9 Å². The van der Waals surface area contributed by atoms with Crippen LogP contribution in [0, 0.1) is 0 Å². The van der Waals surface area contributed by atoms with Crippen LogP contribution < -0.4 is 0 Å². The Bertz CT molecular complexity index is 648. The average Bonchev–Trinajstić information content (AvgIpc) is 2.80. The van der Waals surface area contributed by atoms with E-state index in [2.05, 4.69) is 13.8 Å². The molecule has 1 atom stereocenters. The third kappa shape index (κ3) is 17.0. The molecule has 1 unspecified atom stereocenters. The van der Waals surface area contributed by atoms with Gasteiger partial charge in [-0.3, -0.25) is 14.1 Å². The van der Waals surface area contributed by atoms with Crippen LogP contribution in [0.4, 0.5) is 0 Å². The summed E-state index contributed by atoms with van der Waals surface area (Å²) < 4.78 is 41.3. The lowest BCUT2D eigenvalue weighted by Gasteiger charge is -2.23. The molecule has 0 aliphatic carbocycles. The first-order chi connectivity index (χ1) is 16.7. The first-order valence-corrected chi connectivity index (χ1v) is 15.4. The van der Waals surface area contributed by atoms with Crippen LogP contribution in [0.1, 0.15) is 143 Å². The van der Waals surface area contributed by atoms with Gasteiger partial charge in [-0.15, -0.1) is 0 Å². The first kappa shape index (κ1) is 33.8. The largest absolute Gasteiger partial charge is 0.466 e. The predicted octanol–water partition coefficient (Wildman–Crippen LogP) is 7.17. The highest BCUT2D eigenvalue weighted by atomic mass is 32.2. The lowest BCUT2D eigenvalue weighted by Crippen LogP contribution is -2.46. The van der Waals surface area contributed by atoms with E-state index in [9.17, 15) is 22.6 Å². The van der Waals surface area contributed by atoms with E-state index in [-0.39, 0.29) is 13.2 Å². The summed E-state index contributed by atoms with van der Waals surface area (Å²) in [4.78, 5) is 24.6. The Morgan fingerprint density at radius 2 is 0.971 bits per heavy atom. The molecule has 0 aliphatic rings. The van der Waals surface area contributed by atoms with Crippen LogP contribution in [0.5, 0.6) is 0 Å². The predicted molar refractivity (Wildman–Crippen MR) is 141 cm³/mol. The molecule has 35 heavy (non-hydrogen) atoms. The molecule has 0 amide bonds. The first-order valence-electron chi connectivity index (χ1n) is 14.0.